The Labute approximate surface area is 145 Å². The number of fused-ring (bicyclic) bond motifs is 1. The van der Waals surface area contributed by atoms with Crippen LogP contribution >= 0.6 is 0 Å². The van der Waals surface area contributed by atoms with Crippen LogP contribution in [0.25, 0.3) is 11.0 Å². The van der Waals surface area contributed by atoms with Gasteiger partial charge in [0, 0.05) is 38.9 Å². The Hall–Kier alpha value is -3.03. The van der Waals surface area contributed by atoms with E-state index in [2.05, 4.69) is 37.0 Å². The summed E-state index contributed by atoms with van der Waals surface area (Å²) in [6.45, 7) is 3.49. The molecule has 1 saturated heterocycles. The summed E-state index contributed by atoms with van der Waals surface area (Å²) in [5.74, 6) is 2.02. The van der Waals surface area contributed by atoms with Crippen LogP contribution in [0.2, 0.25) is 0 Å². The van der Waals surface area contributed by atoms with Gasteiger partial charge >= 0.3 is 0 Å². The molecule has 0 amide bonds. The molecular formula is C17H21N7O. The van der Waals surface area contributed by atoms with E-state index in [1.54, 1.807) is 18.0 Å². The number of hydrogen-bond donors (Lipinski definition) is 1. The molecule has 1 aliphatic rings. The van der Waals surface area contributed by atoms with E-state index in [1.807, 2.05) is 19.2 Å². The maximum atomic E-state index is 6.07. The second kappa shape index (κ2) is 6.12. The summed E-state index contributed by atoms with van der Waals surface area (Å²) in [6, 6.07) is 8.15. The van der Waals surface area contributed by atoms with E-state index in [4.69, 9.17) is 10.5 Å². The molecule has 2 N–H and O–H groups in total. The zero-order valence-electron chi connectivity index (χ0n) is 14.4. The standard InChI is InChI=1S/C17H21N7O/c1-22-16-14(11-19-22)15(18)20-17(21-16)24-9-7-23(8-10-24)12-3-5-13(25-2)6-4-12/h3-6,11H,7-10H2,1-2H3,(H2,18,20,21). The van der Waals surface area contributed by atoms with Crippen LogP contribution in [0.15, 0.2) is 30.5 Å². The zero-order valence-corrected chi connectivity index (χ0v) is 14.4. The lowest BCUT2D eigenvalue weighted by Gasteiger charge is -2.36. The van der Waals surface area contributed by atoms with Crippen LogP contribution < -0.4 is 20.3 Å². The number of nitrogens with zero attached hydrogens (tertiary/aromatic N) is 6. The number of aryl methyl sites for hydroxylation is 1. The molecule has 130 valence electrons. The number of piperazine rings is 1. The van der Waals surface area contributed by atoms with Gasteiger partial charge < -0.3 is 20.3 Å². The number of aromatic nitrogens is 4. The number of nitrogen functional groups attached to an aromatic ring is 1. The van der Waals surface area contributed by atoms with Crippen LogP contribution in [0, 0.1) is 0 Å². The van der Waals surface area contributed by atoms with Gasteiger partial charge in [-0.3, -0.25) is 4.68 Å². The molecule has 25 heavy (non-hydrogen) atoms. The highest BCUT2D eigenvalue weighted by atomic mass is 16.5. The smallest absolute Gasteiger partial charge is 0.229 e. The van der Waals surface area contributed by atoms with Gasteiger partial charge in [0.2, 0.25) is 5.95 Å². The Balaban J connectivity index is 1.50. The normalized spacial score (nSPS) is 15.0. The van der Waals surface area contributed by atoms with Gasteiger partial charge in [-0.1, -0.05) is 0 Å². The molecule has 2 aromatic heterocycles. The van der Waals surface area contributed by atoms with E-state index in [9.17, 15) is 0 Å². The highest BCUT2D eigenvalue weighted by Gasteiger charge is 2.21. The van der Waals surface area contributed by atoms with Crippen molar-refractivity contribution >= 4 is 28.5 Å². The van der Waals surface area contributed by atoms with Gasteiger partial charge in [-0.25, -0.2) is 0 Å². The lowest BCUT2D eigenvalue weighted by Crippen LogP contribution is -2.47. The van der Waals surface area contributed by atoms with Gasteiger partial charge in [-0.15, -0.1) is 0 Å². The van der Waals surface area contributed by atoms with Crippen molar-refractivity contribution in [3.63, 3.8) is 0 Å². The second-order valence-electron chi connectivity index (χ2n) is 6.09. The first kappa shape index (κ1) is 15.5. The minimum atomic E-state index is 0.477. The fraction of sp³-hybridized carbons (Fsp3) is 0.353. The van der Waals surface area contributed by atoms with Crippen molar-refractivity contribution in [1.82, 2.24) is 19.7 Å². The molecule has 1 aliphatic heterocycles. The van der Waals surface area contributed by atoms with Gasteiger partial charge in [0.25, 0.3) is 0 Å². The third-order valence-electron chi connectivity index (χ3n) is 4.61. The average Bonchev–Trinajstić information content (AvgIpc) is 3.04. The van der Waals surface area contributed by atoms with Crippen molar-refractivity contribution in [2.45, 2.75) is 0 Å². The van der Waals surface area contributed by atoms with E-state index in [0.717, 1.165) is 43.0 Å². The summed E-state index contributed by atoms with van der Waals surface area (Å²) < 4.78 is 6.95. The summed E-state index contributed by atoms with van der Waals surface area (Å²) in [5, 5.41) is 5.00. The Bertz CT molecular complexity index is 882. The summed E-state index contributed by atoms with van der Waals surface area (Å²) in [6.07, 6.45) is 1.70. The van der Waals surface area contributed by atoms with Gasteiger partial charge in [0.1, 0.15) is 11.6 Å². The monoisotopic (exact) mass is 339 g/mol. The Morgan fingerprint density at radius 2 is 1.68 bits per heavy atom. The Morgan fingerprint density at radius 3 is 2.36 bits per heavy atom. The molecule has 0 atom stereocenters. The Morgan fingerprint density at radius 1 is 1.00 bits per heavy atom. The summed E-state index contributed by atoms with van der Waals surface area (Å²) in [5.41, 5.74) is 8.03. The number of methoxy groups -OCH3 is 1. The van der Waals surface area contributed by atoms with Crippen LogP contribution in [0.5, 0.6) is 5.75 Å². The average molecular weight is 339 g/mol. The quantitative estimate of drug-likeness (QED) is 0.769. The van der Waals surface area contributed by atoms with Crippen molar-refractivity contribution in [3.05, 3.63) is 30.5 Å². The van der Waals surface area contributed by atoms with E-state index in [1.165, 1.54) is 5.69 Å². The first-order valence-corrected chi connectivity index (χ1v) is 8.25. The molecule has 0 aliphatic carbocycles. The molecule has 4 rings (SSSR count). The van der Waals surface area contributed by atoms with Crippen molar-refractivity contribution in [1.29, 1.82) is 0 Å². The maximum Gasteiger partial charge on any atom is 0.229 e. The van der Waals surface area contributed by atoms with Gasteiger partial charge in [0.05, 0.1) is 18.7 Å². The third kappa shape index (κ3) is 2.79. The van der Waals surface area contributed by atoms with Gasteiger partial charge in [-0.2, -0.15) is 15.1 Å². The van der Waals surface area contributed by atoms with Crippen molar-refractivity contribution in [2.24, 2.45) is 7.05 Å². The minimum absolute atomic E-state index is 0.477. The van der Waals surface area contributed by atoms with Crippen LogP contribution in [0.4, 0.5) is 17.5 Å². The van der Waals surface area contributed by atoms with Crippen LogP contribution in [0.3, 0.4) is 0 Å². The molecule has 3 aromatic rings. The third-order valence-corrected chi connectivity index (χ3v) is 4.61. The zero-order chi connectivity index (χ0) is 17.4. The molecule has 0 unspecified atom stereocenters. The first-order valence-electron chi connectivity index (χ1n) is 8.25. The van der Waals surface area contributed by atoms with E-state index in [-0.39, 0.29) is 0 Å². The Kier molecular flexibility index (Phi) is 3.79. The number of hydrogen-bond acceptors (Lipinski definition) is 7. The fourth-order valence-electron chi connectivity index (χ4n) is 3.13. The molecule has 0 spiro atoms. The molecule has 8 nitrogen and oxygen atoms in total. The predicted molar refractivity (Wildman–Crippen MR) is 98.1 cm³/mol. The second-order valence-corrected chi connectivity index (χ2v) is 6.09. The first-order chi connectivity index (χ1) is 12.2. The van der Waals surface area contributed by atoms with Gasteiger partial charge in [0.15, 0.2) is 5.65 Å². The lowest BCUT2D eigenvalue weighted by atomic mass is 10.2. The van der Waals surface area contributed by atoms with Crippen molar-refractivity contribution < 1.29 is 4.74 Å². The van der Waals surface area contributed by atoms with Crippen LogP contribution in [0.1, 0.15) is 0 Å². The number of anilines is 3. The fourth-order valence-corrected chi connectivity index (χ4v) is 3.13. The minimum Gasteiger partial charge on any atom is -0.497 e. The summed E-state index contributed by atoms with van der Waals surface area (Å²) in [4.78, 5) is 13.6. The molecule has 0 radical (unpaired) electrons. The molecule has 0 saturated carbocycles. The predicted octanol–water partition coefficient (Wildman–Crippen LogP) is 1.28. The summed E-state index contributed by atoms with van der Waals surface area (Å²) in [7, 11) is 3.54. The molecule has 3 heterocycles. The molecule has 0 bridgehead atoms. The molecule has 1 fully saturated rings. The number of rotatable bonds is 3. The van der Waals surface area contributed by atoms with Crippen molar-refractivity contribution in [2.75, 3.05) is 48.8 Å². The highest BCUT2D eigenvalue weighted by molar-refractivity contribution is 5.86. The topological polar surface area (TPSA) is 85.3 Å². The van der Waals surface area contributed by atoms with E-state index >= 15 is 0 Å². The van der Waals surface area contributed by atoms with Gasteiger partial charge in [-0.05, 0) is 24.3 Å². The van der Waals surface area contributed by atoms with E-state index < -0.39 is 0 Å². The number of nitrogens with two attached hydrogens (primary N) is 1. The number of benzene rings is 1. The van der Waals surface area contributed by atoms with Crippen LogP contribution in [-0.2, 0) is 7.05 Å². The molecule has 8 heteroatoms. The lowest BCUT2D eigenvalue weighted by molar-refractivity contribution is 0.415. The van der Waals surface area contributed by atoms with Crippen LogP contribution in [-0.4, -0.2) is 53.0 Å². The number of ether oxygens (including phenoxy) is 1. The molecule has 1 aromatic carbocycles. The largest absolute Gasteiger partial charge is 0.497 e. The highest BCUT2D eigenvalue weighted by Crippen LogP contribution is 2.24. The SMILES string of the molecule is COc1ccc(N2CCN(c3nc(N)c4cnn(C)c4n3)CC2)cc1. The van der Waals surface area contributed by atoms with Crippen molar-refractivity contribution in [3.8, 4) is 5.75 Å². The molecular weight excluding hydrogens is 318 g/mol. The maximum absolute atomic E-state index is 6.07. The summed E-state index contributed by atoms with van der Waals surface area (Å²) >= 11 is 0. The van der Waals surface area contributed by atoms with E-state index in [0.29, 0.717) is 11.8 Å².